The van der Waals surface area contributed by atoms with Crippen LogP contribution in [0.5, 0.6) is 0 Å². The van der Waals surface area contributed by atoms with Gasteiger partial charge in [0, 0.05) is 63.4 Å². The maximum absolute atomic E-state index is 13.1. The van der Waals surface area contributed by atoms with E-state index in [4.69, 9.17) is 0 Å². The predicted molar refractivity (Wildman–Crippen MR) is 122 cm³/mol. The molecular formula is C23H30N6O4. The number of aryl methyl sites for hydroxylation is 2. The Morgan fingerprint density at radius 1 is 1.15 bits per heavy atom. The number of hydrogen-bond donors (Lipinski definition) is 3. The Morgan fingerprint density at radius 2 is 1.88 bits per heavy atom. The second-order valence-electron chi connectivity index (χ2n) is 8.63. The Hall–Kier alpha value is -3.24. The molecular weight excluding hydrogens is 424 g/mol. The van der Waals surface area contributed by atoms with Crippen LogP contribution in [0.4, 0.5) is 5.69 Å². The van der Waals surface area contributed by atoms with Crippen LogP contribution in [0.1, 0.15) is 33.0 Å². The number of carbonyl (C=O) groups is 3. The van der Waals surface area contributed by atoms with Crippen molar-refractivity contribution in [1.29, 1.82) is 0 Å². The lowest BCUT2D eigenvalue weighted by molar-refractivity contribution is -0.141. The summed E-state index contributed by atoms with van der Waals surface area (Å²) in [6.07, 6.45) is 3.22. The van der Waals surface area contributed by atoms with Crippen molar-refractivity contribution in [2.45, 2.75) is 19.4 Å². The molecule has 4 rings (SSSR count). The van der Waals surface area contributed by atoms with Gasteiger partial charge in [0.2, 0.25) is 5.91 Å². The molecule has 0 spiro atoms. The fourth-order valence-corrected chi connectivity index (χ4v) is 4.42. The second-order valence-corrected chi connectivity index (χ2v) is 8.63. The van der Waals surface area contributed by atoms with E-state index in [-0.39, 0.29) is 23.6 Å². The number of imidazole rings is 1. The molecule has 0 saturated carbocycles. The first-order chi connectivity index (χ1) is 15.8. The van der Waals surface area contributed by atoms with Crippen LogP contribution >= 0.6 is 0 Å². The number of anilines is 1. The molecule has 1 aromatic heterocycles. The van der Waals surface area contributed by atoms with E-state index in [1.165, 1.54) is 0 Å². The van der Waals surface area contributed by atoms with Crippen molar-refractivity contribution in [2.24, 2.45) is 13.0 Å². The number of nitrogens with one attached hydrogen (secondary N) is 2. The van der Waals surface area contributed by atoms with Crippen LogP contribution in [0.25, 0.3) is 0 Å². The number of hydrogen-bond acceptors (Lipinski definition) is 6. The number of piperidine rings is 1. The highest BCUT2D eigenvalue weighted by atomic mass is 16.3. The highest BCUT2D eigenvalue weighted by molar-refractivity contribution is 6.02. The minimum atomic E-state index is -0.662. The minimum absolute atomic E-state index is 0.0277. The number of aliphatic hydroxyl groups excluding tert-OH is 1. The molecule has 1 aromatic carbocycles. The zero-order chi connectivity index (χ0) is 23.5. The first-order valence-electron chi connectivity index (χ1n) is 11.2. The third-order valence-electron chi connectivity index (χ3n) is 6.38. The number of benzene rings is 1. The summed E-state index contributed by atoms with van der Waals surface area (Å²) < 4.78 is 1.64. The summed E-state index contributed by atoms with van der Waals surface area (Å²) in [6.45, 7) is 4.80. The average Bonchev–Trinajstić information content (AvgIpc) is 3.25. The summed E-state index contributed by atoms with van der Waals surface area (Å²) in [5.74, 6) is -0.509. The van der Waals surface area contributed by atoms with E-state index in [9.17, 15) is 19.5 Å². The van der Waals surface area contributed by atoms with Crippen LogP contribution in [0, 0.1) is 12.8 Å². The fourth-order valence-electron chi connectivity index (χ4n) is 4.42. The molecule has 33 heavy (non-hydrogen) atoms. The topological polar surface area (TPSA) is 120 Å². The Morgan fingerprint density at radius 3 is 2.52 bits per heavy atom. The number of piperazine rings is 1. The smallest absolute Gasteiger partial charge is 0.291 e. The van der Waals surface area contributed by atoms with E-state index in [1.807, 2.05) is 6.92 Å². The van der Waals surface area contributed by atoms with E-state index in [0.717, 1.165) is 12.1 Å². The van der Waals surface area contributed by atoms with Crippen molar-refractivity contribution in [3.8, 4) is 0 Å². The summed E-state index contributed by atoms with van der Waals surface area (Å²) in [5.41, 5.74) is 1.92. The normalized spacial score (nSPS) is 21.1. The highest BCUT2D eigenvalue weighted by Gasteiger charge is 2.34. The molecule has 2 fully saturated rings. The van der Waals surface area contributed by atoms with Crippen LogP contribution in [-0.4, -0.2) is 87.6 Å². The van der Waals surface area contributed by atoms with E-state index >= 15 is 0 Å². The molecule has 3 heterocycles. The molecule has 10 heteroatoms. The van der Waals surface area contributed by atoms with Crippen molar-refractivity contribution in [3.63, 3.8) is 0 Å². The van der Waals surface area contributed by atoms with Crippen LogP contribution in [-0.2, 0) is 11.8 Å². The number of carbonyl (C=O) groups excluding carboxylic acids is 3. The molecule has 2 atom stereocenters. The summed E-state index contributed by atoms with van der Waals surface area (Å²) >= 11 is 0. The van der Waals surface area contributed by atoms with Gasteiger partial charge < -0.3 is 30.1 Å². The van der Waals surface area contributed by atoms with Gasteiger partial charge in [-0.05, 0) is 43.7 Å². The molecule has 0 radical (unpaired) electrons. The van der Waals surface area contributed by atoms with Crippen molar-refractivity contribution >= 4 is 23.4 Å². The standard InChI is InChI=1S/C23H30N6O4/c1-15-13-16(26-21(31)20-25-7-8-27(20)2)3-4-17(15)22(32)28-9-11-29(12-10-28)23(33)18-5-6-24-14-19(18)30/h3-4,7-8,13,18-19,24,30H,5-6,9-12,14H2,1-2H3,(H,26,31). The van der Waals surface area contributed by atoms with Gasteiger partial charge in [0.25, 0.3) is 11.8 Å². The summed E-state index contributed by atoms with van der Waals surface area (Å²) in [7, 11) is 1.75. The van der Waals surface area contributed by atoms with Crippen LogP contribution in [0.2, 0.25) is 0 Å². The highest BCUT2D eigenvalue weighted by Crippen LogP contribution is 2.21. The van der Waals surface area contributed by atoms with Gasteiger partial charge >= 0.3 is 0 Å². The molecule has 2 aliphatic heterocycles. The molecule has 3 amide bonds. The molecule has 2 unspecified atom stereocenters. The molecule has 2 aliphatic rings. The van der Waals surface area contributed by atoms with Crippen LogP contribution in [0.15, 0.2) is 30.6 Å². The van der Waals surface area contributed by atoms with Gasteiger partial charge in [-0.25, -0.2) is 4.98 Å². The van der Waals surface area contributed by atoms with Crippen molar-refractivity contribution in [3.05, 3.63) is 47.5 Å². The first-order valence-corrected chi connectivity index (χ1v) is 11.2. The largest absolute Gasteiger partial charge is 0.391 e. The summed E-state index contributed by atoms with van der Waals surface area (Å²) in [6, 6.07) is 5.19. The van der Waals surface area contributed by atoms with Crippen molar-refractivity contribution in [1.82, 2.24) is 24.7 Å². The Labute approximate surface area is 192 Å². The molecule has 3 N–H and O–H groups in total. The van der Waals surface area contributed by atoms with Gasteiger partial charge in [0.05, 0.1) is 12.0 Å². The number of rotatable bonds is 4. The molecule has 0 aliphatic carbocycles. The molecule has 176 valence electrons. The lowest BCUT2D eigenvalue weighted by Gasteiger charge is -2.38. The monoisotopic (exact) mass is 454 g/mol. The van der Waals surface area contributed by atoms with E-state index in [2.05, 4.69) is 15.6 Å². The SMILES string of the molecule is Cc1cc(NC(=O)c2nccn2C)ccc1C(=O)N1CCN(C(=O)C2CCNCC2O)CC1. The van der Waals surface area contributed by atoms with Crippen molar-refractivity contribution < 1.29 is 19.5 Å². The third-order valence-corrected chi connectivity index (χ3v) is 6.38. The zero-order valence-corrected chi connectivity index (χ0v) is 19.0. The number of nitrogens with zero attached hydrogens (tertiary/aromatic N) is 4. The minimum Gasteiger partial charge on any atom is -0.391 e. The van der Waals surface area contributed by atoms with Crippen molar-refractivity contribution in [2.75, 3.05) is 44.6 Å². The lowest BCUT2D eigenvalue weighted by atomic mass is 9.93. The Bertz CT molecular complexity index is 1040. The van der Waals surface area contributed by atoms with Crippen LogP contribution < -0.4 is 10.6 Å². The van der Waals surface area contributed by atoms with Gasteiger partial charge in [-0.2, -0.15) is 0 Å². The molecule has 0 bridgehead atoms. The Balaban J connectivity index is 1.35. The van der Waals surface area contributed by atoms with Gasteiger partial charge in [-0.3, -0.25) is 14.4 Å². The second kappa shape index (κ2) is 9.72. The van der Waals surface area contributed by atoms with E-state index in [1.54, 1.807) is 52.0 Å². The zero-order valence-electron chi connectivity index (χ0n) is 19.0. The number of amides is 3. The fraction of sp³-hybridized carbons (Fsp3) is 0.478. The third kappa shape index (κ3) is 4.91. The maximum atomic E-state index is 13.1. The van der Waals surface area contributed by atoms with Gasteiger partial charge in [0.1, 0.15) is 0 Å². The maximum Gasteiger partial charge on any atom is 0.291 e. The first kappa shape index (κ1) is 22.9. The molecule has 10 nitrogen and oxygen atoms in total. The summed E-state index contributed by atoms with van der Waals surface area (Å²) in [4.78, 5) is 45.8. The number of β-amino-alcohol motifs (C(OH)–C–C–N with tert-alkyl or cyclic N) is 1. The van der Waals surface area contributed by atoms with E-state index < -0.39 is 6.10 Å². The summed E-state index contributed by atoms with van der Waals surface area (Å²) in [5, 5.41) is 16.0. The lowest BCUT2D eigenvalue weighted by Crippen LogP contribution is -2.55. The van der Waals surface area contributed by atoms with Gasteiger partial charge in [-0.15, -0.1) is 0 Å². The van der Waals surface area contributed by atoms with Crippen LogP contribution in [0.3, 0.4) is 0 Å². The van der Waals surface area contributed by atoms with E-state index in [0.29, 0.717) is 56.2 Å². The Kier molecular flexibility index (Phi) is 6.75. The molecule has 2 saturated heterocycles. The number of aliphatic hydroxyl groups is 1. The number of aromatic nitrogens is 2. The van der Waals surface area contributed by atoms with Gasteiger partial charge in [0.15, 0.2) is 5.82 Å². The molecule has 2 aromatic rings. The average molecular weight is 455 g/mol. The predicted octanol–water partition coefficient (Wildman–Crippen LogP) is 0.236. The van der Waals surface area contributed by atoms with Gasteiger partial charge in [-0.1, -0.05) is 0 Å². The quantitative estimate of drug-likeness (QED) is 0.609.